The minimum atomic E-state index is 1.14. The van der Waals surface area contributed by atoms with Gasteiger partial charge in [0.2, 0.25) is 0 Å². The summed E-state index contributed by atoms with van der Waals surface area (Å²) in [6.07, 6.45) is 23.0. The Labute approximate surface area is 89.1 Å². The van der Waals surface area contributed by atoms with Crippen LogP contribution >= 0.6 is 0 Å². The molecule has 1 rings (SSSR count). The lowest BCUT2D eigenvalue weighted by Gasteiger charge is -2.00. The Bertz CT molecular complexity index is 147. The molecule has 0 radical (unpaired) electrons. The highest BCUT2D eigenvalue weighted by molar-refractivity contribution is 4.92. The van der Waals surface area contributed by atoms with Crippen LogP contribution in [0.4, 0.5) is 0 Å². The standard InChI is InChI=1S/C14H24/c1-2-4-6-8-10-12-14-13-11-9-7-5-3-1/h1-2,5,7H,3-4,6,8-14H2. The largest absolute Gasteiger partial charge is 0.0882 e. The van der Waals surface area contributed by atoms with Crippen molar-refractivity contribution in [2.75, 3.05) is 0 Å². The first-order valence-corrected chi connectivity index (χ1v) is 6.30. The van der Waals surface area contributed by atoms with Crippen molar-refractivity contribution in [2.24, 2.45) is 0 Å². The van der Waals surface area contributed by atoms with E-state index < -0.39 is 0 Å². The van der Waals surface area contributed by atoms with E-state index in [1.807, 2.05) is 0 Å². The first-order chi connectivity index (χ1) is 7.00. The van der Waals surface area contributed by atoms with Gasteiger partial charge in [0.1, 0.15) is 0 Å². The average molecular weight is 192 g/mol. The summed E-state index contributed by atoms with van der Waals surface area (Å²) in [7, 11) is 0. The van der Waals surface area contributed by atoms with E-state index in [1.54, 1.807) is 0 Å². The molecule has 80 valence electrons. The van der Waals surface area contributed by atoms with Crippen LogP contribution < -0.4 is 0 Å². The second-order valence-electron chi connectivity index (χ2n) is 4.23. The molecule has 0 aliphatic heterocycles. The fraction of sp³-hybridized carbons (Fsp3) is 0.714. The Kier molecular flexibility index (Phi) is 7.47. The van der Waals surface area contributed by atoms with Gasteiger partial charge in [0.25, 0.3) is 0 Å². The summed E-state index contributed by atoms with van der Waals surface area (Å²) in [5.74, 6) is 0. The molecule has 0 amide bonds. The van der Waals surface area contributed by atoms with Crippen molar-refractivity contribution in [2.45, 2.75) is 64.2 Å². The maximum atomic E-state index is 2.34. The summed E-state index contributed by atoms with van der Waals surface area (Å²) in [6.45, 7) is 0. The van der Waals surface area contributed by atoms with Crippen molar-refractivity contribution in [3.8, 4) is 0 Å². The van der Waals surface area contributed by atoms with Crippen molar-refractivity contribution < 1.29 is 0 Å². The van der Waals surface area contributed by atoms with Crippen LogP contribution in [0, 0.1) is 0 Å². The van der Waals surface area contributed by atoms with Crippen LogP contribution in [-0.4, -0.2) is 0 Å². The molecule has 0 unspecified atom stereocenters. The van der Waals surface area contributed by atoms with Gasteiger partial charge in [-0.15, -0.1) is 0 Å². The smallest absolute Gasteiger partial charge is 0.0169 e. The molecule has 0 fully saturated rings. The zero-order valence-corrected chi connectivity index (χ0v) is 9.38. The molecule has 0 N–H and O–H groups in total. The van der Waals surface area contributed by atoms with Crippen LogP contribution in [0.2, 0.25) is 0 Å². The molecule has 0 aromatic carbocycles. The second-order valence-corrected chi connectivity index (χ2v) is 4.23. The number of rotatable bonds is 0. The molecule has 0 nitrogen and oxygen atoms in total. The van der Waals surface area contributed by atoms with E-state index in [1.165, 1.54) is 57.8 Å². The number of allylic oxidation sites excluding steroid dienone is 4. The van der Waals surface area contributed by atoms with Gasteiger partial charge in [0.05, 0.1) is 0 Å². The Balaban J connectivity index is 2.17. The van der Waals surface area contributed by atoms with Crippen LogP contribution in [0.3, 0.4) is 0 Å². The van der Waals surface area contributed by atoms with Gasteiger partial charge in [0, 0.05) is 0 Å². The van der Waals surface area contributed by atoms with E-state index in [2.05, 4.69) is 24.3 Å². The molecular formula is C14H24. The lowest BCUT2D eigenvalue weighted by Crippen LogP contribution is -1.81. The summed E-state index contributed by atoms with van der Waals surface area (Å²) in [5.41, 5.74) is 0. The van der Waals surface area contributed by atoms with E-state index in [-0.39, 0.29) is 0 Å². The fourth-order valence-electron chi connectivity index (χ4n) is 1.91. The van der Waals surface area contributed by atoms with Crippen molar-refractivity contribution in [3.63, 3.8) is 0 Å². The third-order valence-corrected chi connectivity index (χ3v) is 2.85. The lowest BCUT2D eigenvalue weighted by atomic mass is 10.1. The average Bonchev–Trinajstić information content (AvgIpc) is 2.22. The van der Waals surface area contributed by atoms with Gasteiger partial charge in [-0.25, -0.2) is 0 Å². The highest BCUT2D eigenvalue weighted by atomic mass is 14.0. The van der Waals surface area contributed by atoms with Crippen LogP contribution in [0.1, 0.15) is 64.2 Å². The molecule has 0 bridgehead atoms. The van der Waals surface area contributed by atoms with Crippen molar-refractivity contribution in [1.29, 1.82) is 0 Å². The van der Waals surface area contributed by atoms with E-state index in [4.69, 9.17) is 0 Å². The predicted molar refractivity (Wildman–Crippen MR) is 64.5 cm³/mol. The zero-order valence-electron chi connectivity index (χ0n) is 9.38. The second kappa shape index (κ2) is 9.05. The van der Waals surface area contributed by atoms with Crippen molar-refractivity contribution in [3.05, 3.63) is 24.3 Å². The topological polar surface area (TPSA) is 0 Å². The molecule has 1 aliphatic rings. The van der Waals surface area contributed by atoms with Gasteiger partial charge in [-0.3, -0.25) is 0 Å². The Hall–Kier alpha value is -0.520. The summed E-state index contributed by atoms with van der Waals surface area (Å²) in [6, 6.07) is 0. The minimum absolute atomic E-state index is 1.14. The Morgan fingerprint density at radius 2 is 0.857 bits per heavy atom. The Morgan fingerprint density at radius 3 is 1.36 bits per heavy atom. The van der Waals surface area contributed by atoms with Crippen LogP contribution in [0.15, 0.2) is 24.3 Å². The zero-order chi connectivity index (χ0) is 9.90. The number of hydrogen-bond donors (Lipinski definition) is 0. The van der Waals surface area contributed by atoms with Crippen LogP contribution in [0.25, 0.3) is 0 Å². The third kappa shape index (κ3) is 6.94. The molecule has 0 saturated heterocycles. The molecule has 0 aromatic rings. The van der Waals surface area contributed by atoms with E-state index in [0.29, 0.717) is 0 Å². The normalized spacial score (nSPS) is 21.7. The van der Waals surface area contributed by atoms with Gasteiger partial charge in [-0.2, -0.15) is 0 Å². The predicted octanol–water partition coefficient (Wildman–Crippen LogP) is 5.01. The summed E-state index contributed by atoms with van der Waals surface area (Å²) in [5, 5.41) is 0. The van der Waals surface area contributed by atoms with Gasteiger partial charge >= 0.3 is 0 Å². The van der Waals surface area contributed by atoms with Gasteiger partial charge in [-0.1, -0.05) is 56.4 Å². The maximum Gasteiger partial charge on any atom is -0.0169 e. The molecule has 0 spiro atoms. The third-order valence-electron chi connectivity index (χ3n) is 2.85. The van der Waals surface area contributed by atoms with E-state index in [9.17, 15) is 0 Å². The fourth-order valence-corrected chi connectivity index (χ4v) is 1.91. The molecule has 1 aliphatic carbocycles. The number of hydrogen-bond acceptors (Lipinski definition) is 0. The minimum Gasteiger partial charge on any atom is -0.0882 e. The van der Waals surface area contributed by atoms with Crippen molar-refractivity contribution in [1.82, 2.24) is 0 Å². The lowest BCUT2D eigenvalue weighted by molar-refractivity contribution is 0.583. The van der Waals surface area contributed by atoms with Gasteiger partial charge in [0.15, 0.2) is 0 Å². The first-order valence-electron chi connectivity index (χ1n) is 6.30. The van der Waals surface area contributed by atoms with E-state index >= 15 is 0 Å². The SMILES string of the molecule is C1=CCCCCCCCCCC=CC1. The summed E-state index contributed by atoms with van der Waals surface area (Å²) in [4.78, 5) is 0. The monoisotopic (exact) mass is 192 g/mol. The van der Waals surface area contributed by atoms with Crippen LogP contribution in [0.5, 0.6) is 0 Å². The summed E-state index contributed by atoms with van der Waals surface area (Å²) < 4.78 is 0. The molecular weight excluding hydrogens is 168 g/mol. The van der Waals surface area contributed by atoms with Gasteiger partial charge in [-0.05, 0) is 32.1 Å². The molecule has 0 atom stereocenters. The maximum absolute atomic E-state index is 2.34. The molecule has 0 saturated carbocycles. The van der Waals surface area contributed by atoms with Crippen molar-refractivity contribution >= 4 is 0 Å². The van der Waals surface area contributed by atoms with Crippen LogP contribution in [-0.2, 0) is 0 Å². The summed E-state index contributed by atoms with van der Waals surface area (Å²) >= 11 is 0. The highest BCUT2D eigenvalue weighted by Crippen LogP contribution is 2.11. The quantitative estimate of drug-likeness (QED) is 0.473. The molecule has 0 aromatic heterocycles. The molecule has 0 heteroatoms. The van der Waals surface area contributed by atoms with E-state index in [0.717, 1.165) is 6.42 Å². The molecule has 14 heavy (non-hydrogen) atoms. The first kappa shape index (κ1) is 11.6. The van der Waals surface area contributed by atoms with Gasteiger partial charge < -0.3 is 0 Å². The Morgan fingerprint density at radius 1 is 0.429 bits per heavy atom. The molecule has 0 heterocycles. The highest BCUT2D eigenvalue weighted by Gasteiger charge is 1.91.